The summed E-state index contributed by atoms with van der Waals surface area (Å²) in [5.74, 6) is -0.433. The molecule has 0 atom stereocenters. The third-order valence-corrected chi connectivity index (χ3v) is 4.43. The van der Waals surface area contributed by atoms with E-state index in [1.165, 1.54) is 11.8 Å². The molecule has 2 aromatic rings. The van der Waals surface area contributed by atoms with Gasteiger partial charge in [-0.1, -0.05) is 40.2 Å². The Morgan fingerprint density at radius 2 is 1.91 bits per heavy atom. The van der Waals surface area contributed by atoms with Crippen LogP contribution in [0.25, 0.3) is 0 Å². The number of carbonyl (C=O) groups is 2. The van der Waals surface area contributed by atoms with E-state index in [1.54, 1.807) is 12.1 Å². The maximum atomic E-state index is 12.3. The maximum absolute atomic E-state index is 12.3. The monoisotopic (exact) mass is 378 g/mol. The maximum Gasteiger partial charge on any atom is 0.252 e. The molecule has 0 bridgehead atoms. The Labute approximate surface area is 141 Å². The van der Waals surface area contributed by atoms with Crippen molar-refractivity contribution >= 4 is 39.5 Å². The van der Waals surface area contributed by atoms with Crippen LogP contribution in [0.3, 0.4) is 0 Å². The van der Waals surface area contributed by atoms with Gasteiger partial charge in [0.25, 0.3) is 5.91 Å². The first-order valence-corrected chi connectivity index (χ1v) is 8.37. The summed E-state index contributed by atoms with van der Waals surface area (Å²) in [5, 5.41) is 2.88. The van der Waals surface area contributed by atoms with Crippen molar-refractivity contribution in [3.8, 4) is 0 Å². The fourth-order valence-corrected chi connectivity index (χ4v) is 3.09. The molecule has 3 N–H and O–H groups in total. The van der Waals surface area contributed by atoms with Crippen LogP contribution < -0.4 is 11.1 Å². The Morgan fingerprint density at radius 1 is 1.14 bits per heavy atom. The van der Waals surface area contributed by atoms with E-state index < -0.39 is 5.91 Å². The first-order chi connectivity index (χ1) is 10.6. The summed E-state index contributed by atoms with van der Waals surface area (Å²) in [6.07, 6.45) is 0. The summed E-state index contributed by atoms with van der Waals surface area (Å²) in [6.45, 7) is 0.438. The molecule has 0 aliphatic carbocycles. The summed E-state index contributed by atoms with van der Waals surface area (Å²) in [7, 11) is 0. The van der Waals surface area contributed by atoms with Gasteiger partial charge in [-0.3, -0.25) is 9.59 Å². The van der Waals surface area contributed by atoms with Crippen LogP contribution in [0.5, 0.6) is 0 Å². The van der Waals surface area contributed by atoms with Crippen molar-refractivity contribution in [2.45, 2.75) is 11.4 Å². The summed E-state index contributed by atoms with van der Waals surface area (Å²) < 4.78 is 0.969. The third-order valence-electron chi connectivity index (χ3n) is 2.84. The number of nitrogens with one attached hydrogen (secondary N) is 1. The molecular weight excluding hydrogens is 364 g/mol. The number of halogens is 1. The minimum absolute atomic E-state index is 0.149. The number of benzene rings is 2. The smallest absolute Gasteiger partial charge is 0.252 e. The lowest BCUT2D eigenvalue weighted by atomic mass is 10.2. The zero-order valence-electron chi connectivity index (χ0n) is 11.7. The van der Waals surface area contributed by atoms with Crippen LogP contribution in [0.15, 0.2) is 57.9 Å². The van der Waals surface area contributed by atoms with Gasteiger partial charge < -0.3 is 11.1 Å². The Bertz CT molecular complexity index is 691. The van der Waals surface area contributed by atoms with Gasteiger partial charge in [-0.15, -0.1) is 11.8 Å². The molecule has 0 spiro atoms. The molecule has 0 saturated carbocycles. The van der Waals surface area contributed by atoms with Crippen molar-refractivity contribution in [2.75, 3.05) is 5.75 Å². The summed E-state index contributed by atoms with van der Waals surface area (Å²) in [5.41, 5.74) is 6.70. The molecule has 0 aromatic heterocycles. The highest BCUT2D eigenvalue weighted by Gasteiger charge is 2.11. The van der Waals surface area contributed by atoms with Crippen molar-refractivity contribution in [3.63, 3.8) is 0 Å². The molecule has 0 fully saturated rings. The van der Waals surface area contributed by atoms with E-state index in [4.69, 9.17) is 5.73 Å². The molecule has 0 unspecified atom stereocenters. The van der Waals surface area contributed by atoms with Gasteiger partial charge in [-0.2, -0.15) is 0 Å². The summed E-state index contributed by atoms with van der Waals surface area (Å²) in [4.78, 5) is 24.0. The highest BCUT2D eigenvalue weighted by Crippen LogP contribution is 2.22. The zero-order valence-corrected chi connectivity index (χ0v) is 14.1. The van der Waals surface area contributed by atoms with E-state index in [1.807, 2.05) is 36.4 Å². The molecule has 0 saturated heterocycles. The number of amides is 2. The van der Waals surface area contributed by atoms with Gasteiger partial charge in [0.2, 0.25) is 5.91 Å². The normalized spacial score (nSPS) is 10.2. The molecule has 2 amide bonds. The quantitative estimate of drug-likeness (QED) is 0.758. The first kappa shape index (κ1) is 16.6. The Balaban J connectivity index is 2.04. The van der Waals surface area contributed by atoms with E-state index in [-0.39, 0.29) is 11.7 Å². The Morgan fingerprint density at radius 3 is 2.64 bits per heavy atom. The number of hydrogen-bond acceptors (Lipinski definition) is 3. The molecule has 114 valence electrons. The predicted octanol–water partition coefficient (Wildman–Crippen LogP) is 2.96. The van der Waals surface area contributed by atoms with Crippen molar-refractivity contribution < 1.29 is 9.59 Å². The number of nitrogens with two attached hydrogens (primary N) is 1. The topological polar surface area (TPSA) is 72.2 Å². The molecule has 4 nitrogen and oxygen atoms in total. The Kier molecular flexibility index (Phi) is 6.03. The zero-order chi connectivity index (χ0) is 15.9. The van der Waals surface area contributed by atoms with Gasteiger partial charge in [0, 0.05) is 15.9 Å². The van der Waals surface area contributed by atoms with E-state index in [2.05, 4.69) is 21.2 Å². The molecule has 2 rings (SSSR count). The van der Waals surface area contributed by atoms with Crippen molar-refractivity contribution in [1.82, 2.24) is 5.32 Å². The van der Waals surface area contributed by atoms with E-state index in [0.29, 0.717) is 12.1 Å². The SMILES string of the molecule is NC(=O)CSc1ccccc1C(=O)NCc1cccc(Br)c1. The molecule has 0 aliphatic heterocycles. The number of carbonyl (C=O) groups excluding carboxylic acids is 2. The van der Waals surface area contributed by atoms with Crippen LogP contribution in [0.4, 0.5) is 0 Å². The third kappa shape index (κ3) is 4.89. The standard InChI is InChI=1S/C16H15BrN2O2S/c17-12-5-3-4-11(8-12)9-19-16(21)13-6-1-2-7-14(13)22-10-15(18)20/h1-8H,9-10H2,(H2,18,20)(H,19,21). The van der Waals surface area contributed by atoms with Gasteiger partial charge in [-0.05, 0) is 29.8 Å². The predicted molar refractivity (Wildman–Crippen MR) is 91.7 cm³/mol. The number of rotatable bonds is 6. The van der Waals surface area contributed by atoms with Gasteiger partial charge >= 0.3 is 0 Å². The van der Waals surface area contributed by atoms with Crippen LogP contribution in [-0.2, 0) is 11.3 Å². The van der Waals surface area contributed by atoms with Crippen LogP contribution in [0.2, 0.25) is 0 Å². The average molecular weight is 379 g/mol. The van der Waals surface area contributed by atoms with Crippen LogP contribution >= 0.6 is 27.7 Å². The van der Waals surface area contributed by atoms with Gasteiger partial charge in [0.05, 0.1) is 11.3 Å². The fourth-order valence-electron chi connectivity index (χ4n) is 1.85. The van der Waals surface area contributed by atoms with Gasteiger partial charge in [-0.25, -0.2) is 0 Å². The van der Waals surface area contributed by atoms with Crippen LogP contribution in [-0.4, -0.2) is 17.6 Å². The molecule has 22 heavy (non-hydrogen) atoms. The number of hydrogen-bond donors (Lipinski definition) is 2. The number of thioether (sulfide) groups is 1. The minimum atomic E-state index is -0.408. The summed E-state index contributed by atoms with van der Waals surface area (Å²) >= 11 is 4.66. The molecule has 0 radical (unpaired) electrons. The van der Waals surface area contributed by atoms with Gasteiger partial charge in [0.15, 0.2) is 0 Å². The number of primary amides is 1. The highest BCUT2D eigenvalue weighted by molar-refractivity contribution is 9.10. The molecular formula is C16H15BrN2O2S. The molecule has 0 heterocycles. The van der Waals surface area contributed by atoms with Crippen LogP contribution in [0, 0.1) is 0 Å². The highest BCUT2D eigenvalue weighted by atomic mass is 79.9. The lowest BCUT2D eigenvalue weighted by molar-refractivity contribution is -0.115. The average Bonchev–Trinajstić information content (AvgIpc) is 2.51. The second-order valence-electron chi connectivity index (χ2n) is 4.56. The van der Waals surface area contributed by atoms with Crippen molar-refractivity contribution in [3.05, 3.63) is 64.1 Å². The molecule has 0 aliphatic rings. The lowest BCUT2D eigenvalue weighted by Gasteiger charge is -2.09. The van der Waals surface area contributed by atoms with E-state index >= 15 is 0 Å². The second kappa shape index (κ2) is 8.00. The van der Waals surface area contributed by atoms with E-state index in [9.17, 15) is 9.59 Å². The summed E-state index contributed by atoms with van der Waals surface area (Å²) in [6, 6.07) is 14.9. The molecule has 2 aromatic carbocycles. The van der Waals surface area contributed by atoms with Crippen molar-refractivity contribution in [2.24, 2.45) is 5.73 Å². The van der Waals surface area contributed by atoms with Crippen molar-refractivity contribution in [1.29, 1.82) is 0 Å². The first-order valence-electron chi connectivity index (χ1n) is 6.59. The lowest BCUT2D eigenvalue weighted by Crippen LogP contribution is -2.23. The Hall–Kier alpha value is -1.79. The van der Waals surface area contributed by atoms with Crippen LogP contribution in [0.1, 0.15) is 15.9 Å². The van der Waals surface area contributed by atoms with E-state index in [0.717, 1.165) is 14.9 Å². The van der Waals surface area contributed by atoms with Gasteiger partial charge in [0.1, 0.15) is 0 Å². The molecule has 6 heteroatoms. The largest absolute Gasteiger partial charge is 0.369 e. The fraction of sp³-hybridized carbons (Fsp3) is 0.125. The minimum Gasteiger partial charge on any atom is -0.369 e. The second-order valence-corrected chi connectivity index (χ2v) is 6.50.